The van der Waals surface area contributed by atoms with E-state index in [0.717, 1.165) is 31.8 Å². The minimum atomic E-state index is -4.46. The maximum absolute atomic E-state index is 12.5. The molecule has 3 rings (SSSR count). The van der Waals surface area contributed by atoms with Gasteiger partial charge in [-0.15, -0.1) is 0 Å². The Balaban J connectivity index is 1.73. The summed E-state index contributed by atoms with van der Waals surface area (Å²) in [5.74, 6) is 0.726. The number of ether oxygens (including phenoxy) is 1. The van der Waals surface area contributed by atoms with Crippen molar-refractivity contribution in [1.82, 2.24) is 15.3 Å². The van der Waals surface area contributed by atoms with Gasteiger partial charge in [-0.25, -0.2) is 4.98 Å². The summed E-state index contributed by atoms with van der Waals surface area (Å²) in [6.07, 6.45) is -2.36. The van der Waals surface area contributed by atoms with Crippen LogP contribution in [0.1, 0.15) is 12.1 Å². The maximum Gasteiger partial charge on any atom is 0.433 e. The van der Waals surface area contributed by atoms with Crippen molar-refractivity contribution in [3.8, 4) is 6.01 Å². The number of hydrogen-bond acceptors (Lipinski definition) is 4. The minimum absolute atomic E-state index is 0.0465. The number of rotatable bonds is 2. The number of nitrogens with zero attached hydrogens (tertiary/aromatic N) is 2. The van der Waals surface area contributed by atoms with Crippen LogP contribution in [0.2, 0.25) is 0 Å². The Hall–Kier alpha value is -1.37. The second-order valence-electron chi connectivity index (χ2n) is 4.72. The first-order chi connectivity index (χ1) is 8.54. The van der Waals surface area contributed by atoms with Gasteiger partial charge in [0.2, 0.25) is 0 Å². The largest absolute Gasteiger partial charge is 0.459 e. The van der Waals surface area contributed by atoms with E-state index in [-0.39, 0.29) is 12.1 Å². The smallest absolute Gasteiger partial charge is 0.433 e. The molecule has 18 heavy (non-hydrogen) atoms. The number of halogens is 3. The summed E-state index contributed by atoms with van der Waals surface area (Å²) in [6.45, 7) is 1.69. The average Bonchev–Trinajstić information content (AvgIpc) is 2.36. The molecule has 98 valence electrons. The van der Waals surface area contributed by atoms with Crippen LogP contribution in [0.15, 0.2) is 12.3 Å². The van der Waals surface area contributed by atoms with E-state index in [0.29, 0.717) is 11.8 Å². The minimum Gasteiger partial charge on any atom is -0.459 e. The van der Waals surface area contributed by atoms with E-state index in [2.05, 4.69) is 15.3 Å². The fraction of sp³-hybridized carbons (Fsp3) is 0.636. The number of aromatic nitrogens is 2. The molecule has 0 amide bonds. The van der Waals surface area contributed by atoms with Gasteiger partial charge in [-0.05, 0) is 12.5 Å². The van der Waals surface area contributed by atoms with E-state index in [4.69, 9.17) is 4.74 Å². The quantitative estimate of drug-likeness (QED) is 0.874. The van der Waals surface area contributed by atoms with E-state index in [1.165, 1.54) is 0 Å². The van der Waals surface area contributed by atoms with Crippen molar-refractivity contribution < 1.29 is 17.9 Å². The van der Waals surface area contributed by atoms with E-state index in [1.807, 2.05) is 0 Å². The van der Waals surface area contributed by atoms with Gasteiger partial charge >= 0.3 is 12.2 Å². The molecule has 1 aliphatic heterocycles. The van der Waals surface area contributed by atoms with Crippen LogP contribution in [-0.2, 0) is 6.18 Å². The summed E-state index contributed by atoms with van der Waals surface area (Å²) in [7, 11) is 0. The topological polar surface area (TPSA) is 47.0 Å². The highest BCUT2D eigenvalue weighted by molar-refractivity contribution is 5.10. The van der Waals surface area contributed by atoms with Crippen LogP contribution in [0.5, 0.6) is 6.01 Å². The Labute approximate surface area is 102 Å². The summed E-state index contributed by atoms with van der Waals surface area (Å²) < 4.78 is 42.9. The van der Waals surface area contributed by atoms with Crippen molar-refractivity contribution >= 4 is 0 Å². The summed E-state index contributed by atoms with van der Waals surface area (Å²) in [5, 5.41) is 3.23. The molecular formula is C11H12F3N3O. The molecule has 1 aliphatic carbocycles. The van der Waals surface area contributed by atoms with Crippen LogP contribution in [0.4, 0.5) is 13.2 Å². The highest BCUT2D eigenvalue weighted by atomic mass is 19.4. The predicted octanol–water partition coefficient (Wildman–Crippen LogP) is 1.48. The van der Waals surface area contributed by atoms with Crippen LogP contribution in [0.3, 0.4) is 0 Å². The second-order valence-corrected chi connectivity index (χ2v) is 4.72. The van der Waals surface area contributed by atoms with Crippen molar-refractivity contribution in [2.75, 3.05) is 13.1 Å². The molecule has 2 bridgehead atoms. The lowest BCUT2D eigenvalue weighted by molar-refractivity contribution is -0.142. The molecule has 2 aliphatic rings. The summed E-state index contributed by atoms with van der Waals surface area (Å²) in [4.78, 5) is 7.16. The van der Waals surface area contributed by atoms with Crippen molar-refractivity contribution in [3.63, 3.8) is 0 Å². The van der Waals surface area contributed by atoms with Crippen LogP contribution in [0, 0.1) is 11.8 Å². The Morgan fingerprint density at radius 2 is 2.00 bits per heavy atom. The molecule has 2 heterocycles. The molecule has 0 radical (unpaired) electrons. The van der Waals surface area contributed by atoms with E-state index >= 15 is 0 Å². The van der Waals surface area contributed by atoms with Gasteiger partial charge in [-0.3, -0.25) is 0 Å². The third kappa shape index (κ3) is 2.03. The first kappa shape index (κ1) is 11.7. The van der Waals surface area contributed by atoms with Crippen molar-refractivity contribution in [2.24, 2.45) is 11.8 Å². The van der Waals surface area contributed by atoms with Crippen LogP contribution in [-0.4, -0.2) is 29.2 Å². The number of hydrogen-bond donors (Lipinski definition) is 1. The highest BCUT2D eigenvalue weighted by Gasteiger charge is 2.46. The number of piperidine rings is 2. The molecule has 1 aromatic rings. The molecule has 7 heteroatoms. The van der Waals surface area contributed by atoms with E-state index in [1.54, 1.807) is 0 Å². The predicted molar refractivity (Wildman–Crippen MR) is 55.9 cm³/mol. The first-order valence-corrected chi connectivity index (χ1v) is 5.81. The lowest BCUT2D eigenvalue weighted by atomic mass is 9.69. The highest BCUT2D eigenvalue weighted by Crippen LogP contribution is 2.39. The molecule has 1 aromatic heterocycles. The van der Waals surface area contributed by atoms with Crippen LogP contribution >= 0.6 is 0 Å². The zero-order chi connectivity index (χ0) is 12.8. The van der Waals surface area contributed by atoms with Crippen LogP contribution in [0.25, 0.3) is 0 Å². The molecule has 3 atom stereocenters. The fourth-order valence-electron chi connectivity index (χ4n) is 2.57. The standard InChI is InChI=1S/C11H12F3N3O/c12-11(13,14)8-1-2-16-10(17-8)18-9-6-3-7(9)5-15-4-6/h1-2,6-7,9,15H,3-5H2/t6-,7+,9?. The zero-order valence-electron chi connectivity index (χ0n) is 9.44. The molecular weight excluding hydrogens is 247 g/mol. The third-order valence-corrected chi connectivity index (χ3v) is 3.51. The van der Waals surface area contributed by atoms with Crippen molar-refractivity contribution in [2.45, 2.75) is 18.7 Å². The van der Waals surface area contributed by atoms with Gasteiger partial charge in [0.25, 0.3) is 0 Å². The molecule has 0 spiro atoms. The summed E-state index contributed by atoms with van der Waals surface area (Å²) >= 11 is 0. The molecule has 0 aromatic carbocycles. The number of fused-ring (bicyclic) bond motifs is 2. The maximum atomic E-state index is 12.5. The molecule has 1 N–H and O–H groups in total. The average molecular weight is 259 g/mol. The molecule has 1 unspecified atom stereocenters. The van der Waals surface area contributed by atoms with E-state index in [9.17, 15) is 13.2 Å². The number of alkyl halides is 3. The number of nitrogens with one attached hydrogen (secondary N) is 1. The Bertz CT molecular complexity index is 437. The van der Waals surface area contributed by atoms with Gasteiger partial charge in [-0.2, -0.15) is 18.2 Å². The van der Waals surface area contributed by atoms with Crippen molar-refractivity contribution in [1.29, 1.82) is 0 Å². The molecule has 1 saturated heterocycles. The Kier molecular flexibility index (Phi) is 2.65. The summed E-state index contributed by atoms with van der Waals surface area (Å²) in [6, 6.07) is 0.669. The van der Waals surface area contributed by atoms with Gasteiger partial charge in [0.15, 0.2) is 5.69 Å². The van der Waals surface area contributed by atoms with E-state index < -0.39 is 11.9 Å². The van der Waals surface area contributed by atoms with Gasteiger partial charge in [-0.1, -0.05) is 0 Å². The lowest BCUT2D eigenvalue weighted by Crippen LogP contribution is -2.59. The zero-order valence-corrected chi connectivity index (χ0v) is 9.44. The normalized spacial score (nSPS) is 30.7. The Morgan fingerprint density at radius 1 is 1.28 bits per heavy atom. The first-order valence-electron chi connectivity index (χ1n) is 5.81. The molecule has 1 saturated carbocycles. The monoisotopic (exact) mass is 259 g/mol. The Morgan fingerprint density at radius 3 is 2.61 bits per heavy atom. The van der Waals surface area contributed by atoms with Crippen molar-refractivity contribution in [3.05, 3.63) is 18.0 Å². The SMILES string of the molecule is FC(F)(F)c1ccnc(OC2[C@@H]3CNC[C@H]2C3)n1. The lowest BCUT2D eigenvalue weighted by Gasteiger charge is -2.48. The molecule has 4 nitrogen and oxygen atoms in total. The van der Waals surface area contributed by atoms with Gasteiger partial charge < -0.3 is 10.1 Å². The second kappa shape index (κ2) is 4.08. The van der Waals surface area contributed by atoms with Gasteiger partial charge in [0.05, 0.1) is 0 Å². The van der Waals surface area contributed by atoms with Gasteiger partial charge in [0, 0.05) is 31.1 Å². The fourth-order valence-corrected chi connectivity index (χ4v) is 2.57. The third-order valence-electron chi connectivity index (χ3n) is 3.51. The van der Waals surface area contributed by atoms with Gasteiger partial charge in [0.1, 0.15) is 6.10 Å². The summed E-state index contributed by atoms with van der Waals surface area (Å²) in [5.41, 5.74) is -0.963. The van der Waals surface area contributed by atoms with Crippen LogP contribution < -0.4 is 10.1 Å². The molecule has 2 fully saturated rings.